The standard InChI is InChI=1S/C14H21Cl2NO2/c1-3-5-18-6-7-19-14-11(10-17-4-2)8-12(15)9-13(14)16/h8-9,17H,3-7,10H2,1-2H3. The van der Waals surface area contributed by atoms with Gasteiger partial charge in [-0.15, -0.1) is 0 Å². The number of hydrogen-bond donors (Lipinski definition) is 1. The maximum atomic E-state index is 6.18. The van der Waals surface area contributed by atoms with E-state index in [9.17, 15) is 0 Å². The molecule has 0 atom stereocenters. The zero-order valence-electron chi connectivity index (χ0n) is 11.5. The lowest BCUT2D eigenvalue weighted by Gasteiger charge is -2.14. The van der Waals surface area contributed by atoms with Gasteiger partial charge in [-0.2, -0.15) is 0 Å². The third kappa shape index (κ3) is 6.00. The second-order valence-corrected chi connectivity index (χ2v) is 4.96. The predicted octanol–water partition coefficient (Wildman–Crippen LogP) is 3.91. The summed E-state index contributed by atoms with van der Waals surface area (Å²) in [6.45, 7) is 7.48. The van der Waals surface area contributed by atoms with Crippen molar-refractivity contribution < 1.29 is 9.47 Å². The van der Waals surface area contributed by atoms with Crippen LogP contribution in [0.4, 0.5) is 0 Å². The molecule has 0 aliphatic heterocycles. The lowest BCUT2D eigenvalue weighted by Crippen LogP contribution is -2.14. The van der Waals surface area contributed by atoms with Gasteiger partial charge >= 0.3 is 0 Å². The van der Waals surface area contributed by atoms with E-state index in [0.717, 1.165) is 25.1 Å². The summed E-state index contributed by atoms with van der Waals surface area (Å²) in [5.41, 5.74) is 0.967. The SMILES string of the molecule is CCCOCCOc1c(Cl)cc(Cl)cc1CNCC. The second kappa shape index (κ2) is 9.43. The number of rotatable bonds is 9. The fraction of sp³-hybridized carbons (Fsp3) is 0.571. The number of halogens is 2. The van der Waals surface area contributed by atoms with Gasteiger partial charge in [-0.25, -0.2) is 0 Å². The highest BCUT2D eigenvalue weighted by molar-refractivity contribution is 6.35. The molecule has 0 saturated carbocycles. The van der Waals surface area contributed by atoms with Crippen molar-refractivity contribution in [1.82, 2.24) is 5.32 Å². The molecule has 1 aromatic carbocycles. The van der Waals surface area contributed by atoms with Crippen molar-refractivity contribution in [2.75, 3.05) is 26.4 Å². The molecule has 0 unspecified atom stereocenters. The molecule has 0 aromatic heterocycles. The van der Waals surface area contributed by atoms with Gasteiger partial charge in [0.2, 0.25) is 0 Å². The van der Waals surface area contributed by atoms with Gasteiger partial charge in [0, 0.05) is 23.7 Å². The van der Waals surface area contributed by atoms with Crippen LogP contribution >= 0.6 is 23.2 Å². The summed E-state index contributed by atoms with van der Waals surface area (Å²) in [5, 5.41) is 4.40. The first-order valence-corrected chi connectivity index (χ1v) is 7.33. The number of nitrogens with one attached hydrogen (secondary N) is 1. The van der Waals surface area contributed by atoms with E-state index >= 15 is 0 Å². The molecule has 3 nitrogen and oxygen atoms in total. The van der Waals surface area contributed by atoms with Gasteiger partial charge in [-0.05, 0) is 25.1 Å². The van der Waals surface area contributed by atoms with Gasteiger partial charge < -0.3 is 14.8 Å². The van der Waals surface area contributed by atoms with Crippen LogP contribution in [0.15, 0.2) is 12.1 Å². The van der Waals surface area contributed by atoms with Crippen molar-refractivity contribution >= 4 is 23.2 Å². The molecule has 0 fully saturated rings. The Bertz CT molecular complexity index is 386. The van der Waals surface area contributed by atoms with E-state index < -0.39 is 0 Å². The number of benzene rings is 1. The van der Waals surface area contributed by atoms with E-state index in [1.807, 2.05) is 13.0 Å². The van der Waals surface area contributed by atoms with E-state index in [-0.39, 0.29) is 0 Å². The first kappa shape index (κ1) is 16.6. The van der Waals surface area contributed by atoms with Crippen LogP contribution < -0.4 is 10.1 Å². The van der Waals surface area contributed by atoms with Gasteiger partial charge in [0.05, 0.1) is 11.6 Å². The first-order chi connectivity index (χ1) is 9.19. The van der Waals surface area contributed by atoms with E-state index in [1.165, 1.54) is 0 Å². The Morgan fingerprint density at radius 2 is 1.89 bits per heavy atom. The third-order valence-electron chi connectivity index (χ3n) is 2.47. The minimum absolute atomic E-state index is 0.487. The highest BCUT2D eigenvalue weighted by Crippen LogP contribution is 2.32. The summed E-state index contributed by atoms with van der Waals surface area (Å²) >= 11 is 12.2. The monoisotopic (exact) mass is 305 g/mol. The highest BCUT2D eigenvalue weighted by atomic mass is 35.5. The topological polar surface area (TPSA) is 30.5 Å². The molecule has 1 rings (SSSR count). The maximum Gasteiger partial charge on any atom is 0.142 e. The molecule has 0 radical (unpaired) electrons. The summed E-state index contributed by atoms with van der Waals surface area (Å²) in [5.74, 6) is 0.687. The van der Waals surface area contributed by atoms with E-state index in [1.54, 1.807) is 6.07 Å². The first-order valence-electron chi connectivity index (χ1n) is 6.58. The van der Waals surface area contributed by atoms with Gasteiger partial charge in [-0.1, -0.05) is 37.0 Å². The van der Waals surface area contributed by atoms with Crippen LogP contribution in [0.2, 0.25) is 10.0 Å². The average Bonchev–Trinajstić information content (AvgIpc) is 2.38. The molecule has 0 spiro atoms. The Balaban J connectivity index is 2.63. The van der Waals surface area contributed by atoms with Crippen molar-refractivity contribution in [3.05, 3.63) is 27.7 Å². The van der Waals surface area contributed by atoms with Crippen molar-refractivity contribution in [2.45, 2.75) is 26.8 Å². The summed E-state index contributed by atoms with van der Waals surface area (Å²) in [4.78, 5) is 0. The molecule has 1 aromatic rings. The molecule has 0 saturated heterocycles. The molecule has 0 amide bonds. The predicted molar refractivity (Wildman–Crippen MR) is 80.4 cm³/mol. The maximum absolute atomic E-state index is 6.18. The smallest absolute Gasteiger partial charge is 0.142 e. The molecule has 1 N–H and O–H groups in total. The zero-order valence-corrected chi connectivity index (χ0v) is 13.0. The molecular formula is C14H21Cl2NO2. The Morgan fingerprint density at radius 3 is 2.58 bits per heavy atom. The van der Waals surface area contributed by atoms with E-state index in [2.05, 4.69) is 12.2 Å². The molecule has 108 valence electrons. The van der Waals surface area contributed by atoms with Crippen LogP contribution in [-0.4, -0.2) is 26.4 Å². The van der Waals surface area contributed by atoms with E-state index in [0.29, 0.717) is 35.6 Å². The van der Waals surface area contributed by atoms with Crippen LogP contribution in [-0.2, 0) is 11.3 Å². The van der Waals surface area contributed by atoms with Crippen LogP contribution in [0.25, 0.3) is 0 Å². The lowest BCUT2D eigenvalue weighted by atomic mass is 10.2. The summed E-state index contributed by atoms with van der Waals surface area (Å²) < 4.78 is 11.1. The molecule has 0 aliphatic rings. The number of hydrogen-bond acceptors (Lipinski definition) is 3. The van der Waals surface area contributed by atoms with Crippen LogP contribution in [0, 0.1) is 0 Å². The second-order valence-electron chi connectivity index (χ2n) is 4.12. The van der Waals surface area contributed by atoms with Gasteiger partial charge in [-0.3, -0.25) is 0 Å². The fourth-order valence-corrected chi connectivity index (χ4v) is 2.21. The summed E-state index contributed by atoms with van der Waals surface area (Å²) in [7, 11) is 0. The van der Waals surface area contributed by atoms with Crippen LogP contribution in [0.1, 0.15) is 25.8 Å². The Kier molecular flexibility index (Phi) is 8.22. The molecule has 19 heavy (non-hydrogen) atoms. The Labute approximate surface area is 125 Å². The van der Waals surface area contributed by atoms with E-state index in [4.69, 9.17) is 32.7 Å². The van der Waals surface area contributed by atoms with Gasteiger partial charge in [0.25, 0.3) is 0 Å². The van der Waals surface area contributed by atoms with Crippen molar-refractivity contribution in [3.63, 3.8) is 0 Å². The minimum atomic E-state index is 0.487. The largest absolute Gasteiger partial charge is 0.489 e. The summed E-state index contributed by atoms with van der Waals surface area (Å²) in [6, 6.07) is 3.57. The van der Waals surface area contributed by atoms with Crippen molar-refractivity contribution in [2.24, 2.45) is 0 Å². The highest BCUT2D eigenvalue weighted by Gasteiger charge is 2.10. The molecular weight excluding hydrogens is 285 g/mol. The van der Waals surface area contributed by atoms with Crippen LogP contribution in [0.5, 0.6) is 5.75 Å². The quantitative estimate of drug-likeness (QED) is 0.702. The molecule has 5 heteroatoms. The fourth-order valence-electron chi connectivity index (χ4n) is 1.62. The van der Waals surface area contributed by atoms with Crippen molar-refractivity contribution in [1.29, 1.82) is 0 Å². The van der Waals surface area contributed by atoms with Gasteiger partial charge in [0.1, 0.15) is 12.4 Å². The zero-order chi connectivity index (χ0) is 14.1. The Morgan fingerprint density at radius 1 is 1.11 bits per heavy atom. The minimum Gasteiger partial charge on any atom is -0.489 e. The normalized spacial score (nSPS) is 10.7. The molecule has 0 heterocycles. The average molecular weight is 306 g/mol. The van der Waals surface area contributed by atoms with Gasteiger partial charge in [0.15, 0.2) is 0 Å². The Hall–Kier alpha value is -0.480. The summed E-state index contributed by atoms with van der Waals surface area (Å²) in [6.07, 6.45) is 1.01. The van der Waals surface area contributed by atoms with Crippen LogP contribution in [0.3, 0.4) is 0 Å². The third-order valence-corrected chi connectivity index (χ3v) is 2.97. The van der Waals surface area contributed by atoms with Crippen molar-refractivity contribution in [3.8, 4) is 5.75 Å². The number of ether oxygens (including phenoxy) is 2. The molecule has 0 bridgehead atoms. The lowest BCUT2D eigenvalue weighted by molar-refractivity contribution is 0.100. The molecule has 0 aliphatic carbocycles.